The predicted molar refractivity (Wildman–Crippen MR) is 60.1 cm³/mol. The van der Waals surface area contributed by atoms with E-state index in [2.05, 4.69) is 45.0 Å². The van der Waals surface area contributed by atoms with Gasteiger partial charge in [0.1, 0.15) is 0 Å². The van der Waals surface area contributed by atoms with E-state index in [0.29, 0.717) is 12.1 Å². The molecule has 0 aromatic heterocycles. The highest BCUT2D eigenvalue weighted by atomic mass is 15.1. The second-order valence-corrected chi connectivity index (χ2v) is 4.19. The third-order valence-corrected chi connectivity index (χ3v) is 2.67. The van der Waals surface area contributed by atoms with Crippen molar-refractivity contribution in [2.75, 3.05) is 20.1 Å². The molecule has 2 nitrogen and oxygen atoms in total. The van der Waals surface area contributed by atoms with Crippen LogP contribution in [0.3, 0.4) is 0 Å². The summed E-state index contributed by atoms with van der Waals surface area (Å²) in [5, 5.41) is 3.50. The van der Waals surface area contributed by atoms with Crippen LogP contribution < -0.4 is 5.32 Å². The second-order valence-electron chi connectivity index (χ2n) is 4.19. The SMILES string of the molecule is CCC(C)NCCCN(C)C(C)C. The summed E-state index contributed by atoms with van der Waals surface area (Å²) in [6.07, 6.45) is 2.47. The average Bonchev–Trinajstić information content (AvgIpc) is 2.11. The minimum Gasteiger partial charge on any atom is -0.314 e. The maximum Gasteiger partial charge on any atom is 0.00361 e. The molecular weight excluding hydrogens is 160 g/mol. The van der Waals surface area contributed by atoms with Gasteiger partial charge in [0.25, 0.3) is 0 Å². The lowest BCUT2D eigenvalue weighted by atomic mass is 10.2. The molecule has 0 heterocycles. The Kier molecular flexibility index (Phi) is 7.29. The van der Waals surface area contributed by atoms with Crippen molar-refractivity contribution in [3.05, 3.63) is 0 Å². The fourth-order valence-corrected chi connectivity index (χ4v) is 1.08. The fourth-order valence-electron chi connectivity index (χ4n) is 1.08. The first-order valence-electron chi connectivity index (χ1n) is 5.51. The Hall–Kier alpha value is -0.0800. The van der Waals surface area contributed by atoms with E-state index in [1.54, 1.807) is 0 Å². The molecule has 0 saturated heterocycles. The lowest BCUT2D eigenvalue weighted by molar-refractivity contribution is 0.268. The summed E-state index contributed by atoms with van der Waals surface area (Å²) in [5.41, 5.74) is 0. The summed E-state index contributed by atoms with van der Waals surface area (Å²) >= 11 is 0. The molecule has 13 heavy (non-hydrogen) atoms. The standard InChI is InChI=1S/C11H26N2/c1-6-11(4)12-8-7-9-13(5)10(2)3/h10-12H,6-9H2,1-5H3. The molecule has 0 saturated carbocycles. The molecule has 0 rings (SSSR count). The normalized spacial score (nSPS) is 14.1. The van der Waals surface area contributed by atoms with Crippen LogP contribution in [-0.2, 0) is 0 Å². The molecule has 0 aliphatic heterocycles. The first-order valence-corrected chi connectivity index (χ1v) is 5.51. The molecule has 2 heteroatoms. The minimum atomic E-state index is 0.670. The highest BCUT2D eigenvalue weighted by Gasteiger charge is 2.02. The Balaban J connectivity index is 3.25. The zero-order chi connectivity index (χ0) is 10.3. The third-order valence-electron chi connectivity index (χ3n) is 2.67. The number of hydrogen-bond acceptors (Lipinski definition) is 2. The average molecular weight is 186 g/mol. The Morgan fingerprint density at radius 1 is 1.23 bits per heavy atom. The topological polar surface area (TPSA) is 15.3 Å². The monoisotopic (exact) mass is 186 g/mol. The second kappa shape index (κ2) is 7.34. The molecule has 1 N–H and O–H groups in total. The molecule has 0 amide bonds. The molecule has 0 fully saturated rings. The van der Waals surface area contributed by atoms with Gasteiger partial charge in [0.2, 0.25) is 0 Å². The molecule has 0 radical (unpaired) electrons. The number of hydrogen-bond donors (Lipinski definition) is 1. The first-order chi connectivity index (χ1) is 6.07. The van der Waals surface area contributed by atoms with Gasteiger partial charge in [0, 0.05) is 12.1 Å². The van der Waals surface area contributed by atoms with Gasteiger partial charge in [-0.05, 0) is 53.8 Å². The summed E-state index contributed by atoms with van der Waals surface area (Å²) in [5.74, 6) is 0. The number of rotatable bonds is 7. The van der Waals surface area contributed by atoms with Crippen LogP contribution >= 0.6 is 0 Å². The van der Waals surface area contributed by atoms with Crippen LogP contribution in [0, 0.1) is 0 Å². The Labute approximate surface area is 83.7 Å². The van der Waals surface area contributed by atoms with Gasteiger partial charge in [-0.2, -0.15) is 0 Å². The summed E-state index contributed by atoms with van der Waals surface area (Å²) in [4.78, 5) is 2.39. The molecule has 1 unspecified atom stereocenters. The number of nitrogens with zero attached hydrogens (tertiary/aromatic N) is 1. The van der Waals surface area contributed by atoms with Crippen LogP contribution in [0.4, 0.5) is 0 Å². The lowest BCUT2D eigenvalue weighted by Gasteiger charge is -2.21. The summed E-state index contributed by atoms with van der Waals surface area (Å²) in [7, 11) is 2.19. The molecule has 1 atom stereocenters. The minimum absolute atomic E-state index is 0.670. The molecule has 0 bridgehead atoms. The van der Waals surface area contributed by atoms with E-state index in [1.807, 2.05) is 0 Å². The molecular formula is C11H26N2. The largest absolute Gasteiger partial charge is 0.314 e. The van der Waals surface area contributed by atoms with Gasteiger partial charge in [-0.3, -0.25) is 0 Å². The maximum absolute atomic E-state index is 3.50. The molecule has 80 valence electrons. The highest BCUT2D eigenvalue weighted by Crippen LogP contribution is 1.95. The van der Waals surface area contributed by atoms with Gasteiger partial charge in [-0.15, -0.1) is 0 Å². The van der Waals surface area contributed by atoms with E-state index in [4.69, 9.17) is 0 Å². The van der Waals surface area contributed by atoms with E-state index in [1.165, 1.54) is 19.4 Å². The van der Waals surface area contributed by atoms with E-state index in [0.717, 1.165) is 6.54 Å². The van der Waals surface area contributed by atoms with Crippen LogP contribution in [0.25, 0.3) is 0 Å². The predicted octanol–water partition coefficient (Wildman–Crippen LogP) is 2.10. The molecule has 0 aliphatic rings. The van der Waals surface area contributed by atoms with Gasteiger partial charge in [0.05, 0.1) is 0 Å². The zero-order valence-electron chi connectivity index (χ0n) is 9.93. The molecule has 0 aromatic carbocycles. The quantitative estimate of drug-likeness (QED) is 0.613. The summed E-state index contributed by atoms with van der Waals surface area (Å²) in [6.45, 7) is 11.3. The summed E-state index contributed by atoms with van der Waals surface area (Å²) < 4.78 is 0. The lowest BCUT2D eigenvalue weighted by Crippen LogP contribution is -2.32. The maximum atomic E-state index is 3.50. The third kappa shape index (κ3) is 7.03. The fraction of sp³-hybridized carbons (Fsp3) is 1.00. The molecule has 0 spiro atoms. The van der Waals surface area contributed by atoms with Crippen molar-refractivity contribution in [3.63, 3.8) is 0 Å². The van der Waals surface area contributed by atoms with Crippen molar-refractivity contribution in [2.24, 2.45) is 0 Å². The van der Waals surface area contributed by atoms with Crippen LogP contribution in [0.15, 0.2) is 0 Å². The molecule has 0 aromatic rings. The summed E-state index contributed by atoms with van der Waals surface area (Å²) in [6, 6.07) is 1.34. The van der Waals surface area contributed by atoms with Crippen molar-refractivity contribution in [3.8, 4) is 0 Å². The van der Waals surface area contributed by atoms with E-state index < -0.39 is 0 Å². The van der Waals surface area contributed by atoms with Gasteiger partial charge < -0.3 is 10.2 Å². The van der Waals surface area contributed by atoms with Crippen LogP contribution in [0.1, 0.15) is 40.5 Å². The van der Waals surface area contributed by atoms with Gasteiger partial charge >= 0.3 is 0 Å². The zero-order valence-corrected chi connectivity index (χ0v) is 9.93. The van der Waals surface area contributed by atoms with E-state index >= 15 is 0 Å². The smallest absolute Gasteiger partial charge is 0.00361 e. The Morgan fingerprint density at radius 2 is 1.85 bits per heavy atom. The van der Waals surface area contributed by atoms with Gasteiger partial charge in [-0.25, -0.2) is 0 Å². The van der Waals surface area contributed by atoms with Crippen molar-refractivity contribution in [1.82, 2.24) is 10.2 Å². The van der Waals surface area contributed by atoms with Crippen LogP contribution in [-0.4, -0.2) is 37.1 Å². The van der Waals surface area contributed by atoms with Gasteiger partial charge in [0.15, 0.2) is 0 Å². The first kappa shape index (κ1) is 12.9. The van der Waals surface area contributed by atoms with E-state index in [-0.39, 0.29) is 0 Å². The Bertz CT molecular complexity index is 113. The van der Waals surface area contributed by atoms with Crippen LogP contribution in [0.5, 0.6) is 0 Å². The van der Waals surface area contributed by atoms with E-state index in [9.17, 15) is 0 Å². The Morgan fingerprint density at radius 3 is 2.31 bits per heavy atom. The molecule has 0 aliphatic carbocycles. The van der Waals surface area contributed by atoms with Crippen LogP contribution in [0.2, 0.25) is 0 Å². The highest BCUT2D eigenvalue weighted by molar-refractivity contribution is 4.61. The number of nitrogens with one attached hydrogen (secondary N) is 1. The van der Waals surface area contributed by atoms with Crippen molar-refractivity contribution in [1.29, 1.82) is 0 Å². The van der Waals surface area contributed by atoms with Crippen molar-refractivity contribution < 1.29 is 0 Å². The van der Waals surface area contributed by atoms with Crippen molar-refractivity contribution >= 4 is 0 Å². The van der Waals surface area contributed by atoms with Gasteiger partial charge in [-0.1, -0.05) is 6.92 Å². The van der Waals surface area contributed by atoms with Crippen molar-refractivity contribution in [2.45, 2.75) is 52.6 Å².